The summed E-state index contributed by atoms with van der Waals surface area (Å²) in [6, 6.07) is 10.2. The van der Waals surface area contributed by atoms with E-state index in [0.29, 0.717) is 41.9 Å². The smallest absolute Gasteiger partial charge is 0.254 e. The maximum atomic E-state index is 13.7. The highest BCUT2D eigenvalue weighted by Gasteiger charge is 2.25. The summed E-state index contributed by atoms with van der Waals surface area (Å²) >= 11 is 0. The Morgan fingerprint density at radius 1 is 1.12 bits per heavy atom. The van der Waals surface area contributed by atoms with Crippen LogP contribution in [-0.4, -0.2) is 69.8 Å². The van der Waals surface area contributed by atoms with E-state index in [4.69, 9.17) is 14.2 Å². The van der Waals surface area contributed by atoms with Gasteiger partial charge in [-0.15, -0.1) is 0 Å². The number of ether oxygens (including phenoxy) is 3. The minimum atomic E-state index is -0.269. The predicted octanol–water partition coefficient (Wildman–Crippen LogP) is 4.88. The number of carbonyl (C=O) groups is 1. The lowest BCUT2D eigenvalue weighted by atomic mass is 10.1. The van der Waals surface area contributed by atoms with Crippen molar-refractivity contribution in [3.8, 4) is 17.2 Å². The minimum absolute atomic E-state index is 0.105. The number of methoxy groups -OCH3 is 3. The van der Waals surface area contributed by atoms with E-state index >= 15 is 0 Å². The minimum Gasteiger partial charge on any atom is -0.493 e. The van der Waals surface area contributed by atoms with Gasteiger partial charge < -0.3 is 24.0 Å². The zero-order valence-electron chi connectivity index (χ0n) is 20.8. The SMILES string of the molecule is COc1cc(C(=O)N(CCC2CCCN2C)C/C(C)=C/c2ccc(F)cc2)cc(OC)c1OC. The quantitative estimate of drug-likeness (QED) is 0.495. The molecule has 1 aliphatic rings. The molecule has 184 valence electrons. The number of nitrogens with zero attached hydrogens (tertiary/aromatic N) is 2. The third kappa shape index (κ3) is 6.29. The molecule has 1 atom stereocenters. The third-order valence-electron chi connectivity index (χ3n) is 6.33. The van der Waals surface area contributed by atoms with Crippen molar-refractivity contribution in [2.24, 2.45) is 0 Å². The van der Waals surface area contributed by atoms with E-state index in [1.54, 1.807) is 24.3 Å². The molecule has 0 saturated carbocycles. The molecule has 1 aliphatic heterocycles. The number of hydrogen-bond donors (Lipinski definition) is 0. The van der Waals surface area contributed by atoms with Gasteiger partial charge >= 0.3 is 0 Å². The number of rotatable bonds is 10. The van der Waals surface area contributed by atoms with Crippen LogP contribution in [0.3, 0.4) is 0 Å². The molecule has 1 heterocycles. The Balaban J connectivity index is 1.87. The maximum Gasteiger partial charge on any atom is 0.254 e. The molecule has 3 rings (SSSR count). The Labute approximate surface area is 201 Å². The molecule has 1 unspecified atom stereocenters. The predicted molar refractivity (Wildman–Crippen MR) is 132 cm³/mol. The summed E-state index contributed by atoms with van der Waals surface area (Å²) < 4.78 is 29.6. The van der Waals surface area contributed by atoms with E-state index in [-0.39, 0.29) is 11.7 Å². The van der Waals surface area contributed by atoms with E-state index in [9.17, 15) is 9.18 Å². The number of hydrogen-bond acceptors (Lipinski definition) is 5. The summed E-state index contributed by atoms with van der Waals surface area (Å²) in [6.45, 7) is 4.16. The molecule has 0 aromatic heterocycles. The van der Waals surface area contributed by atoms with Crippen LogP contribution >= 0.6 is 0 Å². The highest BCUT2D eigenvalue weighted by molar-refractivity contribution is 5.96. The standard InChI is InChI=1S/C27H35FN2O4/c1-19(15-20-8-10-22(28)11-9-20)18-30(14-12-23-7-6-13-29(23)2)27(31)21-16-24(32-3)26(34-5)25(17-21)33-4/h8-11,15-17,23H,6-7,12-14,18H2,1-5H3/b19-15+. The average molecular weight is 471 g/mol. The van der Waals surface area contributed by atoms with Crippen LogP contribution in [0.2, 0.25) is 0 Å². The van der Waals surface area contributed by atoms with Crippen LogP contribution < -0.4 is 14.2 Å². The number of amides is 1. The van der Waals surface area contributed by atoms with Gasteiger partial charge in [0.15, 0.2) is 11.5 Å². The van der Waals surface area contributed by atoms with Crippen molar-refractivity contribution < 1.29 is 23.4 Å². The Morgan fingerprint density at radius 3 is 2.29 bits per heavy atom. The average Bonchev–Trinajstić information content (AvgIpc) is 3.26. The molecule has 6 nitrogen and oxygen atoms in total. The largest absolute Gasteiger partial charge is 0.493 e. The highest BCUT2D eigenvalue weighted by atomic mass is 19.1. The summed E-state index contributed by atoms with van der Waals surface area (Å²) in [5, 5.41) is 0. The van der Waals surface area contributed by atoms with E-state index < -0.39 is 0 Å². The Kier molecular flexibility index (Phi) is 8.93. The second kappa shape index (κ2) is 11.9. The van der Waals surface area contributed by atoms with Gasteiger partial charge in [-0.2, -0.15) is 0 Å². The van der Waals surface area contributed by atoms with Gasteiger partial charge in [-0.25, -0.2) is 4.39 Å². The molecule has 34 heavy (non-hydrogen) atoms. The van der Waals surface area contributed by atoms with Gasteiger partial charge in [0.1, 0.15) is 5.82 Å². The van der Waals surface area contributed by atoms with Crippen LogP contribution in [-0.2, 0) is 0 Å². The van der Waals surface area contributed by atoms with Gasteiger partial charge in [-0.3, -0.25) is 4.79 Å². The van der Waals surface area contributed by atoms with Crippen LogP contribution in [0.25, 0.3) is 6.08 Å². The first-order chi connectivity index (χ1) is 16.4. The summed E-state index contributed by atoms with van der Waals surface area (Å²) in [5.41, 5.74) is 2.38. The normalized spacial score (nSPS) is 16.4. The second-order valence-electron chi connectivity index (χ2n) is 8.75. The van der Waals surface area contributed by atoms with E-state index in [2.05, 4.69) is 11.9 Å². The first-order valence-electron chi connectivity index (χ1n) is 11.6. The van der Waals surface area contributed by atoms with Gasteiger partial charge in [0.05, 0.1) is 21.3 Å². The van der Waals surface area contributed by atoms with E-state index in [0.717, 1.165) is 30.5 Å². The molecule has 0 N–H and O–H groups in total. The molecular formula is C27H35FN2O4. The monoisotopic (exact) mass is 470 g/mol. The lowest BCUT2D eigenvalue weighted by Gasteiger charge is -2.27. The van der Waals surface area contributed by atoms with Gasteiger partial charge in [0, 0.05) is 24.7 Å². The van der Waals surface area contributed by atoms with Crippen LogP contribution in [0.4, 0.5) is 4.39 Å². The Hall–Kier alpha value is -3.06. The number of likely N-dealkylation sites (tertiary alicyclic amines) is 1. The fourth-order valence-corrected chi connectivity index (χ4v) is 4.48. The third-order valence-corrected chi connectivity index (χ3v) is 6.33. The molecule has 2 aromatic rings. The second-order valence-corrected chi connectivity index (χ2v) is 8.75. The molecule has 2 aromatic carbocycles. The van der Waals surface area contributed by atoms with E-state index in [1.807, 2.05) is 17.9 Å². The Bertz CT molecular complexity index is 981. The molecule has 0 spiro atoms. The lowest BCUT2D eigenvalue weighted by molar-refractivity contribution is 0.0757. The molecule has 7 heteroatoms. The molecule has 1 saturated heterocycles. The highest BCUT2D eigenvalue weighted by Crippen LogP contribution is 2.38. The van der Waals surface area contributed by atoms with Crippen LogP contribution in [0.5, 0.6) is 17.2 Å². The summed E-state index contributed by atoms with van der Waals surface area (Å²) in [7, 11) is 6.75. The van der Waals surface area contributed by atoms with Gasteiger partial charge in [-0.1, -0.05) is 23.8 Å². The molecular weight excluding hydrogens is 435 g/mol. The first kappa shape index (κ1) is 25.6. The number of carbonyl (C=O) groups excluding carboxylic acids is 1. The number of benzene rings is 2. The summed E-state index contributed by atoms with van der Waals surface area (Å²) in [5.74, 6) is 0.966. The van der Waals surface area contributed by atoms with Crippen molar-refractivity contribution in [2.75, 3.05) is 48.0 Å². The molecule has 0 radical (unpaired) electrons. The van der Waals surface area contributed by atoms with Crippen molar-refractivity contribution in [2.45, 2.75) is 32.2 Å². The molecule has 0 aliphatic carbocycles. The van der Waals surface area contributed by atoms with Crippen LogP contribution in [0, 0.1) is 5.82 Å². The van der Waals surface area contributed by atoms with Gasteiger partial charge in [-0.05, 0) is 69.6 Å². The van der Waals surface area contributed by atoms with Crippen LogP contribution in [0.1, 0.15) is 42.1 Å². The molecule has 1 fully saturated rings. The fourth-order valence-electron chi connectivity index (χ4n) is 4.48. The lowest BCUT2D eigenvalue weighted by Crippen LogP contribution is -2.37. The van der Waals surface area contributed by atoms with E-state index in [1.165, 1.54) is 39.9 Å². The van der Waals surface area contributed by atoms with Crippen molar-refractivity contribution in [1.29, 1.82) is 0 Å². The van der Waals surface area contributed by atoms with Crippen molar-refractivity contribution in [3.05, 3.63) is 58.9 Å². The number of halogens is 1. The van der Waals surface area contributed by atoms with Gasteiger partial charge in [0.25, 0.3) is 5.91 Å². The maximum absolute atomic E-state index is 13.7. The molecule has 1 amide bonds. The van der Waals surface area contributed by atoms with Crippen molar-refractivity contribution in [1.82, 2.24) is 9.80 Å². The van der Waals surface area contributed by atoms with Crippen LogP contribution in [0.15, 0.2) is 42.0 Å². The molecule has 0 bridgehead atoms. The topological polar surface area (TPSA) is 51.2 Å². The summed E-state index contributed by atoms with van der Waals surface area (Å²) in [4.78, 5) is 17.9. The zero-order chi connectivity index (χ0) is 24.7. The van der Waals surface area contributed by atoms with Crippen molar-refractivity contribution >= 4 is 12.0 Å². The van der Waals surface area contributed by atoms with Crippen molar-refractivity contribution in [3.63, 3.8) is 0 Å². The van der Waals surface area contributed by atoms with Gasteiger partial charge in [0.2, 0.25) is 5.75 Å². The summed E-state index contributed by atoms with van der Waals surface area (Å²) in [6.07, 6.45) is 5.21. The first-order valence-corrected chi connectivity index (χ1v) is 11.6. The fraction of sp³-hybridized carbons (Fsp3) is 0.444. The zero-order valence-corrected chi connectivity index (χ0v) is 20.8. The Morgan fingerprint density at radius 2 is 1.76 bits per heavy atom.